The summed E-state index contributed by atoms with van der Waals surface area (Å²) in [6.07, 6.45) is 0. The average molecular weight is 297 g/mol. The smallest absolute Gasteiger partial charge is 0.243 e. The highest BCUT2D eigenvalue weighted by Gasteiger charge is 2.31. The topological polar surface area (TPSA) is 83.7 Å². The minimum atomic E-state index is -3.62. The highest BCUT2D eigenvalue weighted by molar-refractivity contribution is 7.89. The maximum absolute atomic E-state index is 12.4. The van der Waals surface area contributed by atoms with Gasteiger partial charge in [0.05, 0.1) is 11.4 Å². The van der Waals surface area contributed by atoms with E-state index in [0.29, 0.717) is 13.1 Å². The van der Waals surface area contributed by atoms with Crippen LogP contribution in [-0.2, 0) is 14.8 Å². The van der Waals surface area contributed by atoms with Gasteiger partial charge in [-0.2, -0.15) is 4.31 Å². The third-order valence-electron chi connectivity index (χ3n) is 3.47. The zero-order chi connectivity index (χ0) is 14.9. The van der Waals surface area contributed by atoms with Crippen LogP contribution in [0.5, 0.6) is 0 Å². The van der Waals surface area contributed by atoms with Gasteiger partial charge in [0.2, 0.25) is 15.9 Å². The number of hydrogen-bond acceptors (Lipinski definition) is 4. The Labute approximate surface area is 119 Å². The van der Waals surface area contributed by atoms with Gasteiger partial charge in [-0.25, -0.2) is 8.42 Å². The van der Waals surface area contributed by atoms with Crippen LogP contribution in [0.25, 0.3) is 0 Å². The molecule has 1 heterocycles. The first-order valence-electron chi connectivity index (χ1n) is 6.42. The number of rotatable bonds is 3. The summed E-state index contributed by atoms with van der Waals surface area (Å²) in [6, 6.07) is 6.34. The molecule has 0 aromatic heterocycles. The minimum Gasteiger partial charge on any atom is -0.343 e. The highest BCUT2D eigenvalue weighted by Crippen LogP contribution is 2.19. The number of amides is 1. The molecule has 6 nitrogen and oxygen atoms in total. The summed E-state index contributed by atoms with van der Waals surface area (Å²) in [5.41, 5.74) is 6.61. The van der Waals surface area contributed by atoms with Crippen LogP contribution < -0.4 is 5.73 Å². The molecule has 1 aromatic carbocycles. The molecular formula is C13H19N3O3S. The largest absolute Gasteiger partial charge is 0.343 e. The van der Waals surface area contributed by atoms with Crippen molar-refractivity contribution in [3.05, 3.63) is 29.8 Å². The van der Waals surface area contributed by atoms with Gasteiger partial charge in [0, 0.05) is 26.2 Å². The van der Waals surface area contributed by atoms with E-state index in [-0.39, 0.29) is 23.4 Å². The van der Waals surface area contributed by atoms with Crippen molar-refractivity contribution >= 4 is 15.9 Å². The molecule has 1 aliphatic heterocycles. The Balaban J connectivity index is 2.24. The average Bonchev–Trinajstić information content (AvgIpc) is 2.41. The number of nitrogens with zero attached hydrogens (tertiary/aromatic N) is 2. The molecule has 110 valence electrons. The first-order chi connectivity index (χ1) is 9.32. The number of likely N-dealkylation sites (N-methyl/N-ethyl adjacent to an activating group) is 1. The number of hydrogen-bond donors (Lipinski definition) is 1. The van der Waals surface area contributed by atoms with Crippen LogP contribution in [0.2, 0.25) is 0 Å². The molecular weight excluding hydrogens is 278 g/mol. The monoisotopic (exact) mass is 297 g/mol. The second kappa shape index (κ2) is 5.51. The highest BCUT2D eigenvalue weighted by atomic mass is 32.2. The molecule has 1 fully saturated rings. The van der Waals surface area contributed by atoms with Crippen molar-refractivity contribution in [3.8, 4) is 0 Å². The van der Waals surface area contributed by atoms with Crippen LogP contribution in [0, 0.1) is 0 Å². The van der Waals surface area contributed by atoms with E-state index in [1.165, 1.54) is 21.3 Å². The van der Waals surface area contributed by atoms with Gasteiger partial charge in [-0.3, -0.25) is 4.79 Å². The number of piperazine rings is 1. The minimum absolute atomic E-state index is 0.103. The molecule has 7 heteroatoms. The van der Waals surface area contributed by atoms with Crippen molar-refractivity contribution in [3.63, 3.8) is 0 Å². The third-order valence-corrected chi connectivity index (χ3v) is 5.33. The summed E-state index contributed by atoms with van der Waals surface area (Å²) in [6.45, 7) is 2.46. The zero-order valence-corrected chi connectivity index (χ0v) is 12.4. The van der Waals surface area contributed by atoms with E-state index in [9.17, 15) is 13.2 Å². The van der Waals surface area contributed by atoms with Gasteiger partial charge in [-0.1, -0.05) is 12.1 Å². The maximum atomic E-state index is 12.4. The number of carbonyl (C=O) groups is 1. The molecule has 0 aliphatic carbocycles. The Morgan fingerprint density at radius 1 is 1.20 bits per heavy atom. The van der Waals surface area contributed by atoms with Crippen molar-refractivity contribution in [2.24, 2.45) is 5.73 Å². The van der Waals surface area contributed by atoms with Crippen molar-refractivity contribution in [1.29, 1.82) is 0 Å². The molecule has 20 heavy (non-hydrogen) atoms. The van der Waals surface area contributed by atoms with E-state index in [4.69, 9.17) is 5.73 Å². The summed E-state index contributed by atoms with van der Waals surface area (Å²) in [7, 11) is -1.95. The quantitative estimate of drug-likeness (QED) is 0.862. The first-order valence-corrected chi connectivity index (χ1v) is 7.86. The van der Waals surface area contributed by atoms with E-state index < -0.39 is 10.0 Å². The lowest BCUT2D eigenvalue weighted by Gasteiger charge is -2.31. The van der Waals surface area contributed by atoms with Gasteiger partial charge in [0.25, 0.3) is 0 Å². The first kappa shape index (κ1) is 15.0. The SMILES string of the molecule is CC(N)c1ccc(S(=O)(=O)N2CCN(C)C(=O)C2)cc1. The molecule has 0 radical (unpaired) electrons. The third kappa shape index (κ3) is 2.84. The molecule has 1 saturated heterocycles. The molecule has 1 unspecified atom stereocenters. The zero-order valence-electron chi connectivity index (χ0n) is 11.6. The second-order valence-electron chi connectivity index (χ2n) is 5.01. The summed E-state index contributed by atoms with van der Waals surface area (Å²) in [5.74, 6) is -0.188. The Kier molecular flexibility index (Phi) is 4.12. The number of sulfonamides is 1. The molecule has 0 spiro atoms. The van der Waals surface area contributed by atoms with E-state index >= 15 is 0 Å². The van der Waals surface area contributed by atoms with Gasteiger partial charge < -0.3 is 10.6 Å². The van der Waals surface area contributed by atoms with Crippen LogP contribution in [0.15, 0.2) is 29.2 Å². The lowest BCUT2D eigenvalue weighted by molar-refractivity contribution is -0.132. The van der Waals surface area contributed by atoms with E-state index in [1.54, 1.807) is 19.2 Å². The maximum Gasteiger partial charge on any atom is 0.243 e. The van der Waals surface area contributed by atoms with Gasteiger partial charge in [-0.15, -0.1) is 0 Å². The fraction of sp³-hybridized carbons (Fsp3) is 0.462. The second-order valence-corrected chi connectivity index (χ2v) is 6.95. The summed E-state index contributed by atoms with van der Waals surface area (Å²) >= 11 is 0. The van der Waals surface area contributed by atoms with Crippen LogP contribution in [0.4, 0.5) is 0 Å². The Morgan fingerprint density at radius 2 is 1.80 bits per heavy atom. The lowest BCUT2D eigenvalue weighted by atomic mass is 10.1. The van der Waals surface area contributed by atoms with Gasteiger partial charge in [0.15, 0.2) is 0 Å². The van der Waals surface area contributed by atoms with E-state index in [1.807, 2.05) is 6.92 Å². The number of benzene rings is 1. The van der Waals surface area contributed by atoms with Gasteiger partial charge in [-0.05, 0) is 24.6 Å². The van der Waals surface area contributed by atoms with E-state index in [0.717, 1.165) is 5.56 Å². The van der Waals surface area contributed by atoms with Crippen molar-refractivity contribution in [2.45, 2.75) is 17.9 Å². The molecule has 0 bridgehead atoms. The predicted molar refractivity (Wildman–Crippen MR) is 75.4 cm³/mol. The number of nitrogens with two attached hydrogens (primary N) is 1. The van der Waals surface area contributed by atoms with Crippen LogP contribution in [-0.4, -0.2) is 50.2 Å². The van der Waals surface area contributed by atoms with Crippen molar-refractivity contribution in [1.82, 2.24) is 9.21 Å². The summed E-state index contributed by atoms with van der Waals surface area (Å²) < 4.78 is 26.1. The molecule has 0 saturated carbocycles. The molecule has 1 atom stereocenters. The van der Waals surface area contributed by atoms with Crippen LogP contribution in [0.1, 0.15) is 18.5 Å². The van der Waals surface area contributed by atoms with Gasteiger partial charge >= 0.3 is 0 Å². The van der Waals surface area contributed by atoms with Crippen LogP contribution >= 0.6 is 0 Å². The summed E-state index contributed by atoms with van der Waals surface area (Å²) in [4.78, 5) is 13.4. The molecule has 1 aromatic rings. The fourth-order valence-electron chi connectivity index (χ4n) is 2.03. The van der Waals surface area contributed by atoms with E-state index in [2.05, 4.69) is 0 Å². The molecule has 2 N–H and O–H groups in total. The molecule has 1 amide bonds. The fourth-order valence-corrected chi connectivity index (χ4v) is 3.42. The Bertz CT molecular complexity index is 596. The summed E-state index contributed by atoms with van der Waals surface area (Å²) in [5, 5.41) is 0. The van der Waals surface area contributed by atoms with Gasteiger partial charge in [0.1, 0.15) is 0 Å². The lowest BCUT2D eigenvalue weighted by Crippen LogP contribution is -2.50. The van der Waals surface area contributed by atoms with Crippen molar-refractivity contribution in [2.75, 3.05) is 26.7 Å². The van der Waals surface area contributed by atoms with Crippen LogP contribution in [0.3, 0.4) is 0 Å². The number of carbonyl (C=O) groups excluding carboxylic acids is 1. The Morgan fingerprint density at radius 3 is 2.30 bits per heavy atom. The standard InChI is InChI=1S/C13H19N3O3S/c1-10(14)11-3-5-12(6-4-11)20(18,19)16-8-7-15(2)13(17)9-16/h3-6,10H,7-9,14H2,1-2H3. The Hall–Kier alpha value is -1.44. The molecule has 1 aliphatic rings. The predicted octanol–water partition coefficient (Wildman–Crippen LogP) is 0.169. The van der Waals surface area contributed by atoms with Crippen molar-refractivity contribution < 1.29 is 13.2 Å². The molecule has 2 rings (SSSR count). The normalized spacial score (nSPS) is 19.1.